The molecule has 0 fully saturated rings. The molecule has 3 rings (SSSR count). The van der Waals surface area contributed by atoms with Crippen molar-refractivity contribution in [2.75, 3.05) is 5.32 Å². The van der Waals surface area contributed by atoms with Crippen LogP contribution < -0.4 is 15.2 Å². The van der Waals surface area contributed by atoms with Gasteiger partial charge in [-0.05, 0) is 48.4 Å². The Bertz CT molecular complexity index is 1200. The first-order valence-electron chi connectivity index (χ1n) is 9.20. The number of hydrogen-bond donors (Lipinski definition) is 2. The smallest absolute Gasteiger partial charge is 0.387 e. The molecule has 3 aromatic carbocycles. The molecule has 6 nitrogen and oxygen atoms in total. The third-order valence-corrected chi connectivity index (χ3v) is 5.47. The van der Waals surface area contributed by atoms with Crippen LogP contribution in [0.2, 0.25) is 0 Å². The maximum Gasteiger partial charge on any atom is 0.387 e. The molecule has 9 heteroatoms. The van der Waals surface area contributed by atoms with Crippen molar-refractivity contribution in [3.63, 3.8) is 0 Å². The minimum atomic E-state index is -3.97. The van der Waals surface area contributed by atoms with Crippen molar-refractivity contribution >= 4 is 21.6 Å². The topological polar surface area (TPSA) is 98.5 Å². The lowest BCUT2D eigenvalue weighted by atomic mass is 10.0. The first-order chi connectivity index (χ1) is 14.6. The first kappa shape index (κ1) is 22.4. The summed E-state index contributed by atoms with van der Waals surface area (Å²) in [7, 11) is -3.97. The molecule has 0 aliphatic carbocycles. The zero-order valence-corrected chi connectivity index (χ0v) is 17.3. The summed E-state index contributed by atoms with van der Waals surface area (Å²) in [5.41, 5.74) is 2.36. The fraction of sp³-hybridized carbons (Fsp3) is 0.136. The zero-order valence-electron chi connectivity index (χ0n) is 16.5. The Morgan fingerprint density at radius 3 is 2.42 bits per heavy atom. The van der Waals surface area contributed by atoms with Crippen LogP contribution in [-0.4, -0.2) is 20.9 Å². The Balaban J connectivity index is 1.91. The number of anilines is 1. The molecule has 31 heavy (non-hydrogen) atoms. The number of hydrogen-bond acceptors (Lipinski definition) is 4. The number of ether oxygens (including phenoxy) is 1. The third-order valence-electron chi connectivity index (χ3n) is 4.55. The van der Waals surface area contributed by atoms with Gasteiger partial charge in [0, 0.05) is 23.2 Å². The van der Waals surface area contributed by atoms with Crippen molar-refractivity contribution in [3.8, 4) is 5.75 Å². The predicted molar refractivity (Wildman–Crippen MR) is 113 cm³/mol. The molecular formula is C22H20F2N2O4S. The second kappa shape index (κ2) is 9.23. The Labute approximate surface area is 178 Å². The highest BCUT2D eigenvalue weighted by molar-refractivity contribution is 7.89. The van der Waals surface area contributed by atoms with E-state index in [1.165, 1.54) is 30.3 Å². The molecule has 0 radical (unpaired) electrons. The third kappa shape index (κ3) is 5.87. The summed E-state index contributed by atoms with van der Waals surface area (Å²) in [4.78, 5) is 12.6. The fourth-order valence-electron chi connectivity index (χ4n) is 3.04. The lowest BCUT2D eigenvalue weighted by Crippen LogP contribution is -2.17. The van der Waals surface area contributed by atoms with Crippen LogP contribution in [0, 0.1) is 6.92 Å². The van der Waals surface area contributed by atoms with E-state index in [9.17, 15) is 22.0 Å². The van der Waals surface area contributed by atoms with Crippen LogP contribution in [-0.2, 0) is 16.4 Å². The molecule has 0 spiro atoms. The van der Waals surface area contributed by atoms with Crippen LogP contribution in [0.1, 0.15) is 27.0 Å². The SMILES string of the molecule is Cc1ccc(S(N)(=O)=O)cc1C(=O)Nc1ccc(OC(F)F)c(Cc2ccccc2)c1. The van der Waals surface area contributed by atoms with Crippen molar-refractivity contribution in [1.82, 2.24) is 0 Å². The van der Waals surface area contributed by atoms with Gasteiger partial charge >= 0.3 is 6.61 Å². The minimum absolute atomic E-state index is 0.00394. The molecule has 0 saturated carbocycles. The van der Waals surface area contributed by atoms with Crippen molar-refractivity contribution in [1.29, 1.82) is 0 Å². The monoisotopic (exact) mass is 446 g/mol. The summed E-state index contributed by atoms with van der Waals surface area (Å²) in [5, 5.41) is 7.81. The lowest BCUT2D eigenvalue weighted by Gasteiger charge is -2.14. The standard InChI is InChI=1S/C22H20F2N2O4S/c1-14-7-9-18(31(25,28)29)13-19(14)21(27)26-17-8-10-20(30-22(23)24)16(12-17)11-15-5-3-2-4-6-15/h2-10,12-13,22H,11H2,1H3,(H,26,27)(H2,25,28,29). The second-order valence-corrected chi connectivity index (χ2v) is 8.40. The number of halogens is 2. The highest BCUT2D eigenvalue weighted by atomic mass is 32.2. The van der Waals surface area contributed by atoms with E-state index in [2.05, 4.69) is 10.1 Å². The van der Waals surface area contributed by atoms with Crippen LogP contribution in [0.4, 0.5) is 14.5 Å². The van der Waals surface area contributed by atoms with E-state index in [1.807, 2.05) is 30.3 Å². The van der Waals surface area contributed by atoms with Gasteiger partial charge in [-0.1, -0.05) is 36.4 Å². The van der Waals surface area contributed by atoms with Crippen molar-refractivity contribution < 1.29 is 26.7 Å². The van der Waals surface area contributed by atoms with Gasteiger partial charge in [0.05, 0.1) is 4.90 Å². The molecule has 0 aromatic heterocycles. The molecule has 0 heterocycles. The molecule has 0 bridgehead atoms. The molecule has 162 valence electrons. The van der Waals surface area contributed by atoms with Gasteiger partial charge in [0.25, 0.3) is 5.91 Å². The number of carbonyl (C=O) groups excluding carboxylic acids is 1. The molecule has 1 amide bonds. The van der Waals surface area contributed by atoms with Crippen molar-refractivity contribution in [2.45, 2.75) is 24.9 Å². The Kier molecular flexibility index (Phi) is 6.67. The van der Waals surface area contributed by atoms with E-state index >= 15 is 0 Å². The normalized spacial score (nSPS) is 11.4. The second-order valence-electron chi connectivity index (χ2n) is 6.84. The quantitative estimate of drug-likeness (QED) is 0.571. The van der Waals surface area contributed by atoms with Crippen LogP contribution in [0.15, 0.2) is 71.6 Å². The fourth-order valence-corrected chi connectivity index (χ4v) is 3.58. The number of nitrogens with two attached hydrogens (primary N) is 1. The van der Waals surface area contributed by atoms with E-state index in [0.29, 0.717) is 23.2 Å². The van der Waals surface area contributed by atoms with Gasteiger partial charge in [-0.15, -0.1) is 0 Å². The summed E-state index contributed by atoms with van der Waals surface area (Å²) in [5.74, 6) is -0.555. The molecule has 0 saturated heterocycles. The average Bonchev–Trinajstić information content (AvgIpc) is 2.70. The molecule has 0 aliphatic rings. The Morgan fingerprint density at radius 1 is 1.06 bits per heavy atom. The molecule has 0 atom stereocenters. The predicted octanol–water partition coefficient (Wildman–Crippen LogP) is 4.09. The summed E-state index contributed by atoms with van der Waals surface area (Å²) >= 11 is 0. The van der Waals surface area contributed by atoms with Crippen LogP contribution in [0.3, 0.4) is 0 Å². The Morgan fingerprint density at radius 2 is 1.77 bits per heavy atom. The van der Waals surface area contributed by atoms with Gasteiger partial charge in [-0.2, -0.15) is 8.78 Å². The van der Waals surface area contributed by atoms with E-state index in [1.54, 1.807) is 13.0 Å². The van der Waals surface area contributed by atoms with E-state index in [-0.39, 0.29) is 16.2 Å². The molecule has 0 aliphatic heterocycles. The summed E-state index contributed by atoms with van der Waals surface area (Å²) in [6.07, 6.45) is 0.312. The molecule has 3 N–H and O–H groups in total. The average molecular weight is 446 g/mol. The van der Waals surface area contributed by atoms with E-state index in [0.717, 1.165) is 5.56 Å². The maximum atomic E-state index is 12.8. The maximum absolute atomic E-state index is 12.8. The molecule has 0 unspecified atom stereocenters. The first-order valence-corrected chi connectivity index (χ1v) is 10.7. The van der Waals surface area contributed by atoms with Crippen molar-refractivity contribution in [3.05, 3.63) is 89.0 Å². The largest absolute Gasteiger partial charge is 0.435 e. The number of alkyl halides is 2. The molecule has 3 aromatic rings. The van der Waals surface area contributed by atoms with Gasteiger partial charge in [-0.25, -0.2) is 13.6 Å². The van der Waals surface area contributed by atoms with Gasteiger partial charge in [-0.3, -0.25) is 4.79 Å². The highest BCUT2D eigenvalue weighted by Gasteiger charge is 2.17. The van der Waals surface area contributed by atoms with Crippen LogP contribution in [0.5, 0.6) is 5.75 Å². The number of primary sulfonamides is 1. The van der Waals surface area contributed by atoms with E-state index in [4.69, 9.17) is 5.14 Å². The van der Waals surface area contributed by atoms with Crippen LogP contribution in [0.25, 0.3) is 0 Å². The highest BCUT2D eigenvalue weighted by Crippen LogP contribution is 2.27. The van der Waals surface area contributed by atoms with Gasteiger partial charge in [0.2, 0.25) is 10.0 Å². The lowest BCUT2D eigenvalue weighted by molar-refractivity contribution is -0.0503. The number of rotatable bonds is 7. The van der Waals surface area contributed by atoms with Gasteiger partial charge < -0.3 is 10.1 Å². The number of nitrogens with one attached hydrogen (secondary N) is 1. The van der Waals surface area contributed by atoms with Gasteiger partial charge in [0.15, 0.2) is 0 Å². The summed E-state index contributed by atoms with van der Waals surface area (Å²) in [6, 6.07) is 17.5. The summed E-state index contributed by atoms with van der Waals surface area (Å²) in [6.45, 7) is -1.33. The van der Waals surface area contributed by atoms with Crippen LogP contribution >= 0.6 is 0 Å². The summed E-state index contributed by atoms with van der Waals surface area (Å²) < 4.78 is 53.4. The number of aryl methyl sites for hydroxylation is 1. The van der Waals surface area contributed by atoms with Gasteiger partial charge in [0.1, 0.15) is 5.75 Å². The van der Waals surface area contributed by atoms with Crippen molar-refractivity contribution in [2.24, 2.45) is 5.14 Å². The number of benzene rings is 3. The van der Waals surface area contributed by atoms with E-state index < -0.39 is 22.5 Å². The number of carbonyl (C=O) groups is 1. The Hall–Kier alpha value is -3.30. The minimum Gasteiger partial charge on any atom is -0.435 e. The number of amides is 1. The number of sulfonamides is 1. The zero-order chi connectivity index (χ0) is 22.6. The molecular weight excluding hydrogens is 426 g/mol.